The first-order valence-electron chi connectivity index (χ1n) is 3.73. The number of ether oxygens (including phenoxy) is 1. The minimum absolute atomic E-state index is 0.132. The van der Waals surface area contributed by atoms with Crippen molar-refractivity contribution in [3.63, 3.8) is 0 Å². The molecule has 0 fully saturated rings. The summed E-state index contributed by atoms with van der Waals surface area (Å²) in [7, 11) is 0. The fourth-order valence-corrected chi connectivity index (χ4v) is 1.15. The molecule has 0 aliphatic carbocycles. The summed E-state index contributed by atoms with van der Waals surface area (Å²) in [6.45, 7) is 0.606. The lowest BCUT2D eigenvalue weighted by atomic mass is 10.2. The molecule has 0 aromatic heterocycles. The lowest BCUT2D eigenvalue weighted by molar-refractivity contribution is -0.158. The third kappa shape index (κ3) is 3.30. The average molecular weight is 221 g/mol. The van der Waals surface area contributed by atoms with Crippen LogP contribution < -0.4 is 4.74 Å². The Hall–Kier alpha value is -1.16. The van der Waals surface area contributed by atoms with Gasteiger partial charge in [0.1, 0.15) is 12.0 Å². The van der Waals surface area contributed by atoms with E-state index in [1.807, 2.05) is 0 Å². The predicted molar refractivity (Wildman–Crippen MR) is 48.1 cm³/mol. The molecule has 0 amide bonds. The van der Waals surface area contributed by atoms with E-state index in [-0.39, 0.29) is 16.3 Å². The second-order valence-corrected chi connectivity index (χ2v) is 3.18. The Morgan fingerprint density at radius 3 is 2.57 bits per heavy atom. The molecule has 0 saturated heterocycles. The first-order chi connectivity index (χ1) is 6.40. The molecular weight excluding hydrogens is 214 g/mol. The number of hydrogen-bond acceptors (Lipinski definition) is 2. The van der Waals surface area contributed by atoms with Crippen LogP contribution in [0.15, 0.2) is 18.2 Å². The first kappa shape index (κ1) is 10.9. The first-order valence-corrected chi connectivity index (χ1v) is 4.11. The van der Waals surface area contributed by atoms with Crippen LogP contribution in [0.2, 0.25) is 5.02 Å². The van der Waals surface area contributed by atoms with Crippen molar-refractivity contribution in [3.8, 4) is 5.75 Å². The van der Waals surface area contributed by atoms with Crippen LogP contribution in [0.5, 0.6) is 5.75 Å². The predicted octanol–water partition coefficient (Wildman–Crippen LogP) is 3.14. The molecule has 0 N–H and O–H groups in total. The molecule has 0 atom stereocenters. The van der Waals surface area contributed by atoms with Gasteiger partial charge in [0.2, 0.25) is 0 Å². The fraction of sp³-hybridized carbons (Fsp3) is 0.222. The summed E-state index contributed by atoms with van der Waals surface area (Å²) in [6, 6.07) is 3.76. The van der Waals surface area contributed by atoms with Crippen LogP contribution in [-0.2, 0) is 0 Å². The smallest absolute Gasteiger partial charge is 0.394 e. The lowest BCUT2D eigenvalue weighted by Crippen LogP contribution is -2.19. The number of halogens is 3. The molecule has 5 heteroatoms. The Kier molecular flexibility index (Phi) is 3.06. The maximum absolute atomic E-state index is 12.4. The molecule has 0 saturated carbocycles. The van der Waals surface area contributed by atoms with E-state index in [9.17, 15) is 13.6 Å². The quantitative estimate of drug-likeness (QED) is 0.732. The highest BCUT2D eigenvalue weighted by molar-refractivity contribution is 6.31. The third-order valence-electron chi connectivity index (χ3n) is 1.33. The Bertz CT molecular complexity index is 347. The van der Waals surface area contributed by atoms with Crippen LogP contribution in [-0.4, -0.2) is 12.4 Å². The van der Waals surface area contributed by atoms with Gasteiger partial charge in [-0.3, -0.25) is 4.79 Å². The highest BCUT2D eigenvalue weighted by Crippen LogP contribution is 2.25. The topological polar surface area (TPSA) is 26.3 Å². The molecule has 14 heavy (non-hydrogen) atoms. The fourth-order valence-electron chi connectivity index (χ4n) is 0.918. The van der Waals surface area contributed by atoms with Crippen LogP contribution in [0.25, 0.3) is 0 Å². The number of carbonyl (C=O) groups excluding carboxylic acids is 1. The van der Waals surface area contributed by atoms with E-state index in [0.717, 1.165) is 0 Å². The summed E-state index contributed by atoms with van der Waals surface area (Å²) in [5.41, 5.74) is 0.191. The number of alkyl halides is 2. The molecule has 76 valence electrons. The summed E-state index contributed by atoms with van der Waals surface area (Å²) in [5, 5.41) is 0.175. The number of benzene rings is 1. The summed E-state index contributed by atoms with van der Waals surface area (Å²) in [5.74, 6) is -0.132. The average Bonchev–Trinajstić information content (AvgIpc) is 1.99. The minimum atomic E-state index is -3.29. The van der Waals surface area contributed by atoms with Crippen LogP contribution >= 0.6 is 11.6 Å². The normalized spacial score (nSPS) is 11.1. The number of hydrogen-bond donors (Lipinski definition) is 0. The highest BCUT2D eigenvalue weighted by Gasteiger charge is 2.23. The highest BCUT2D eigenvalue weighted by atomic mass is 35.5. The van der Waals surface area contributed by atoms with Crippen LogP contribution in [0, 0.1) is 0 Å². The van der Waals surface area contributed by atoms with Gasteiger partial charge in [-0.2, -0.15) is 8.78 Å². The van der Waals surface area contributed by atoms with Gasteiger partial charge in [0.15, 0.2) is 0 Å². The van der Waals surface area contributed by atoms with Crippen molar-refractivity contribution < 1.29 is 18.3 Å². The van der Waals surface area contributed by atoms with E-state index in [1.165, 1.54) is 18.2 Å². The molecule has 0 spiro atoms. The monoisotopic (exact) mass is 220 g/mol. The molecule has 0 aliphatic rings. The SMILES string of the molecule is CC(F)(F)Oc1cc(Cl)cc(C=O)c1. The lowest BCUT2D eigenvalue weighted by Gasteiger charge is -2.13. The van der Waals surface area contributed by atoms with Crippen LogP contribution in [0.1, 0.15) is 17.3 Å². The molecule has 0 heterocycles. The van der Waals surface area contributed by atoms with Crippen molar-refractivity contribution in [3.05, 3.63) is 28.8 Å². The molecule has 2 nitrogen and oxygen atoms in total. The van der Waals surface area contributed by atoms with E-state index in [0.29, 0.717) is 13.2 Å². The van der Waals surface area contributed by atoms with Gasteiger partial charge in [0, 0.05) is 17.5 Å². The molecule has 1 aromatic carbocycles. The van der Waals surface area contributed by atoms with Crippen LogP contribution in [0.4, 0.5) is 8.78 Å². The van der Waals surface area contributed by atoms with Crippen LogP contribution in [0.3, 0.4) is 0 Å². The van der Waals surface area contributed by atoms with Crippen molar-refractivity contribution in [2.75, 3.05) is 0 Å². The van der Waals surface area contributed by atoms with Gasteiger partial charge < -0.3 is 4.74 Å². The maximum Gasteiger partial charge on any atom is 0.394 e. The zero-order valence-electron chi connectivity index (χ0n) is 7.26. The van der Waals surface area contributed by atoms with Crippen molar-refractivity contribution in [2.45, 2.75) is 13.0 Å². The molecule has 0 aliphatic heterocycles. The third-order valence-corrected chi connectivity index (χ3v) is 1.54. The Morgan fingerprint density at radius 2 is 2.07 bits per heavy atom. The zero-order valence-corrected chi connectivity index (χ0v) is 8.02. The van der Waals surface area contributed by atoms with Gasteiger partial charge in [-0.1, -0.05) is 11.6 Å². The van der Waals surface area contributed by atoms with E-state index >= 15 is 0 Å². The minimum Gasteiger partial charge on any atom is -0.433 e. The molecule has 1 rings (SSSR count). The van der Waals surface area contributed by atoms with Crippen molar-refractivity contribution in [2.24, 2.45) is 0 Å². The number of carbonyl (C=O) groups is 1. The van der Waals surface area contributed by atoms with Crippen molar-refractivity contribution in [1.29, 1.82) is 0 Å². The second-order valence-electron chi connectivity index (χ2n) is 2.75. The number of aldehydes is 1. The van der Waals surface area contributed by atoms with Gasteiger partial charge in [-0.15, -0.1) is 0 Å². The molecule has 0 bridgehead atoms. The van der Waals surface area contributed by atoms with E-state index < -0.39 is 6.11 Å². The Labute approximate surface area is 84.4 Å². The van der Waals surface area contributed by atoms with Gasteiger partial charge in [0.25, 0.3) is 0 Å². The van der Waals surface area contributed by atoms with E-state index in [1.54, 1.807) is 0 Å². The van der Waals surface area contributed by atoms with Gasteiger partial charge in [0.05, 0.1) is 0 Å². The summed E-state index contributed by atoms with van der Waals surface area (Å²) >= 11 is 5.57. The van der Waals surface area contributed by atoms with E-state index in [2.05, 4.69) is 4.74 Å². The standard InChI is InChI=1S/C9H7ClF2O2/c1-9(11,12)14-8-3-6(5-13)2-7(10)4-8/h2-5H,1H3. The molecule has 1 aromatic rings. The van der Waals surface area contributed by atoms with Crippen molar-refractivity contribution >= 4 is 17.9 Å². The summed E-state index contributed by atoms with van der Waals surface area (Å²) in [4.78, 5) is 10.4. The number of rotatable bonds is 3. The van der Waals surface area contributed by atoms with Crippen molar-refractivity contribution in [1.82, 2.24) is 0 Å². The second kappa shape index (κ2) is 3.92. The Morgan fingerprint density at radius 1 is 1.43 bits per heavy atom. The zero-order chi connectivity index (χ0) is 10.8. The molecule has 0 radical (unpaired) electrons. The Balaban J connectivity index is 2.98. The molecule has 0 unspecified atom stereocenters. The summed E-state index contributed by atoms with van der Waals surface area (Å²) < 4.78 is 29.1. The van der Waals surface area contributed by atoms with Gasteiger partial charge >= 0.3 is 6.11 Å². The summed E-state index contributed by atoms with van der Waals surface area (Å²) in [6.07, 6.45) is -2.78. The molecular formula is C9H7ClF2O2. The van der Waals surface area contributed by atoms with Gasteiger partial charge in [-0.05, 0) is 18.2 Å². The van der Waals surface area contributed by atoms with Gasteiger partial charge in [-0.25, -0.2) is 0 Å². The largest absolute Gasteiger partial charge is 0.433 e. The maximum atomic E-state index is 12.4. The van der Waals surface area contributed by atoms with E-state index in [4.69, 9.17) is 11.6 Å².